The summed E-state index contributed by atoms with van der Waals surface area (Å²) in [4.78, 5) is 11.6. The molecule has 2 saturated carbocycles. The summed E-state index contributed by atoms with van der Waals surface area (Å²) in [5.74, 6) is 1.49. The van der Waals surface area contributed by atoms with E-state index in [-0.39, 0.29) is 69.0 Å². The molecule has 2 aliphatic carbocycles. The first-order valence-corrected chi connectivity index (χ1v) is 16.9. The molecule has 3 heterocycles. The summed E-state index contributed by atoms with van der Waals surface area (Å²) in [5, 5.41) is 25.6. The average Bonchev–Trinajstić information content (AvgIpc) is 3.58. The lowest BCUT2D eigenvalue weighted by Crippen LogP contribution is -2.51. The van der Waals surface area contributed by atoms with E-state index in [9.17, 15) is 19.1 Å². The summed E-state index contributed by atoms with van der Waals surface area (Å²) >= 11 is 0. The van der Waals surface area contributed by atoms with Crippen molar-refractivity contribution in [3.63, 3.8) is 0 Å². The quantitative estimate of drug-likeness (QED) is 0.219. The number of phenols is 1. The molecule has 246 valence electrons. The standard InChI is InChI=1S/C38H36F3N5O2/c1-2-28-31(40)11-8-21-13-27(47)15-29(32(21)28)33-22(17-42)14-30-35(34(33)41)44-37(45-36(30)46-18-25-9-10-26(19-46)43-25)48-20-38-12-4-6-23(38)5-3-7-24(39)16-38/h1,8,11,13-15,23-26,43,47H,3-7,9-10,12,16,18-20H2/t23?,24-,25?,26?,38?/m0/s1. The van der Waals surface area contributed by atoms with Crippen molar-refractivity contribution in [3.8, 4) is 41.3 Å². The fourth-order valence-corrected chi connectivity index (χ4v) is 9.10. The predicted octanol–water partition coefficient (Wildman–Crippen LogP) is 7.30. The molecule has 4 unspecified atom stereocenters. The minimum absolute atomic E-state index is 0.00579. The minimum atomic E-state index is -0.889. The number of rotatable bonds is 5. The molecule has 2 bridgehead atoms. The number of anilines is 1. The average molecular weight is 652 g/mol. The molecule has 0 radical (unpaired) electrons. The first-order chi connectivity index (χ1) is 23.3. The summed E-state index contributed by atoms with van der Waals surface area (Å²) < 4.78 is 53.5. The van der Waals surface area contributed by atoms with E-state index in [4.69, 9.17) is 16.1 Å². The van der Waals surface area contributed by atoms with E-state index < -0.39 is 17.8 Å². The van der Waals surface area contributed by atoms with Crippen molar-refractivity contribution in [2.24, 2.45) is 11.3 Å². The van der Waals surface area contributed by atoms with Crippen LogP contribution in [0.2, 0.25) is 0 Å². The van der Waals surface area contributed by atoms with Gasteiger partial charge in [0, 0.05) is 46.9 Å². The second-order valence-electron chi connectivity index (χ2n) is 14.1. The molecule has 0 spiro atoms. The molecular formula is C38H36F3N5O2. The van der Waals surface area contributed by atoms with Crippen molar-refractivity contribution < 1.29 is 23.0 Å². The van der Waals surface area contributed by atoms with Crippen molar-refractivity contribution in [2.45, 2.75) is 76.0 Å². The summed E-state index contributed by atoms with van der Waals surface area (Å²) in [6, 6.07) is 9.53. The zero-order valence-electron chi connectivity index (χ0n) is 26.5. The number of fused-ring (bicyclic) bond motifs is 5. The highest BCUT2D eigenvalue weighted by Crippen LogP contribution is 2.52. The van der Waals surface area contributed by atoms with E-state index in [2.05, 4.69) is 27.2 Å². The number of nitrogens with one attached hydrogen (secondary N) is 1. The van der Waals surface area contributed by atoms with E-state index in [1.165, 1.54) is 24.3 Å². The highest BCUT2D eigenvalue weighted by molar-refractivity contribution is 6.05. The Hall–Kier alpha value is -4.54. The smallest absolute Gasteiger partial charge is 0.319 e. The highest BCUT2D eigenvalue weighted by atomic mass is 19.1. The molecule has 2 aliphatic heterocycles. The molecule has 0 amide bonds. The van der Waals surface area contributed by atoms with Crippen LogP contribution in [0.5, 0.6) is 11.8 Å². The number of hydrogen-bond acceptors (Lipinski definition) is 7. The van der Waals surface area contributed by atoms with Gasteiger partial charge in [0.2, 0.25) is 0 Å². The molecule has 5 atom stereocenters. The number of halogens is 3. The first-order valence-electron chi connectivity index (χ1n) is 16.9. The van der Waals surface area contributed by atoms with E-state index in [1.54, 1.807) is 6.07 Å². The Morgan fingerprint density at radius 3 is 2.62 bits per heavy atom. The lowest BCUT2D eigenvalue weighted by atomic mass is 9.74. The molecule has 3 aromatic carbocycles. The Kier molecular flexibility index (Phi) is 7.60. The lowest BCUT2D eigenvalue weighted by molar-refractivity contribution is 0.0649. The van der Waals surface area contributed by atoms with Gasteiger partial charge in [-0.2, -0.15) is 15.2 Å². The Morgan fingerprint density at radius 1 is 1.06 bits per heavy atom. The number of nitriles is 1. The topological polar surface area (TPSA) is 94.3 Å². The molecule has 7 nitrogen and oxygen atoms in total. The van der Waals surface area contributed by atoms with E-state index in [1.807, 2.05) is 0 Å². The lowest BCUT2D eigenvalue weighted by Gasteiger charge is -2.35. The SMILES string of the molecule is C#Cc1c(F)ccc2cc(O)cc(-c3c(C#N)cc4c(N5CC6CCC(C5)N6)nc(OCC56CCCC5CCC[C@H](F)C6)nc4c3F)c12. The van der Waals surface area contributed by atoms with Gasteiger partial charge in [-0.3, -0.25) is 0 Å². The molecule has 10 heteroatoms. The van der Waals surface area contributed by atoms with Gasteiger partial charge < -0.3 is 20.1 Å². The Balaban J connectivity index is 1.31. The zero-order chi connectivity index (χ0) is 33.2. The molecule has 2 saturated heterocycles. The van der Waals surface area contributed by atoms with Crippen LogP contribution in [-0.4, -0.2) is 53.0 Å². The van der Waals surface area contributed by atoms with Gasteiger partial charge in [0.25, 0.3) is 0 Å². The number of aromatic nitrogens is 2. The van der Waals surface area contributed by atoms with Gasteiger partial charge in [-0.15, -0.1) is 6.42 Å². The molecular weight excluding hydrogens is 615 g/mol. The van der Waals surface area contributed by atoms with E-state index in [0.717, 1.165) is 44.9 Å². The first kappa shape index (κ1) is 30.8. The van der Waals surface area contributed by atoms with Crippen LogP contribution in [-0.2, 0) is 0 Å². The number of hydrogen-bond donors (Lipinski definition) is 2. The van der Waals surface area contributed by atoms with Crippen LogP contribution >= 0.6 is 0 Å². The van der Waals surface area contributed by atoms with Gasteiger partial charge in [0.05, 0.1) is 23.8 Å². The van der Waals surface area contributed by atoms with Crippen LogP contribution in [0.25, 0.3) is 32.8 Å². The van der Waals surface area contributed by atoms with E-state index in [0.29, 0.717) is 48.4 Å². The maximum Gasteiger partial charge on any atom is 0.319 e. The van der Waals surface area contributed by atoms with Crippen molar-refractivity contribution in [1.29, 1.82) is 5.26 Å². The highest BCUT2D eigenvalue weighted by Gasteiger charge is 2.46. The fourth-order valence-electron chi connectivity index (χ4n) is 9.10. The van der Waals surface area contributed by atoms with E-state index >= 15 is 4.39 Å². The number of piperazine rings is 1. The number of terminal acetylenes is 1. The molecule has 48 heavy (non-hydrogen) atoms. The second-order valence-corrected chi connectivity index (χ2v) is 14.1. The molecule has 2 N–H and O–H groups in total. The fraction of sp³-hybridized carbons (Fsp3) is 0.447. The third-order valence-electron chi connectivity index (χ3n) is 11.3. The molecule has 4 aliphatic rings. The molecule has 8 rings (SSSR count). The summed E-state index contributed by atoms with van der Waals surface area (Å²) in [7, 11) is 0. The van der Waals surface area contributed by atoms with Crippen molar-refractivity contribution in [3.05, 3.63) is 53.1 Å². The minimum Gasteiger partial charge on any atom is -0.508 e. The maximum atomic E-state index is 17.2. The number of aromatic hydroxyl groups is 1. The third-order valence-corrected chi connectivity index (χ3v) is 11.3. The third kappa shape index (κ3) is 5.09. The van der Waals surface area contributed by atoms with Crippen LogP contribution in [0.3, 0.4) is 0 Å². The van der Waals surface area contributed by atoms with Gasteiger partial charge in [0.1, 0.15) is 29.1 Å². The van der Waals surface area contributed by atoms with Gasteiger partial charge in [-0.25, -0.2) is 13.2 Å². The number of benzene rings is 3. The van der Waals surface area contributed by atoms with Crippen molar-refractivity contribution in [1.82, 2.24) is 15.3 Å². The van der Waals surface area contributed by atoms with Gasteiger partial charge in [-0.05, 0) is 86.1 Å². The van der Waals surface area contributed by atoms with Crippen molar-refractivity contribution in [2.75, 3.05) is 24.6 Å². The maximum absolute atomic E-state index is 17.2. The zero-order valence-corrected chi connectivity index (χ0v) is 26.5. The number of ether oxygens (including phenoxy) is 1. The van der Waals surface area contributed by atoms with Crippen LogP contribution in [0.15, 0.2) is 30.3 Å². The normalized spacial score (nSPS) is 26.6. The Labute approximate surface area is 277 Å². The Bertz CT molecular complexity index is 2030. The largest absolute Gasteiger partial charge is 0.508 e. The molecule has 4 aromatic rings. The molecule has 1 aromatic heterocycles. The second kappa shape index (κ2) is 11.9. The summed E-state index contributed by atoms with van der Waals surface area (Å²) in [6.45, 7) is 1.53. The van der Waals surface area contributed by atoms with Gasteiger partial charge >= 0.3 is 6.01 Å². The van der Waals surface area contributed by atoms with Gasteiger partial charge in [0.15, 0.2) is 5.82 Å². The predicted molar refractivity (Wildman–Crippen MR) is 178 cm³/mol. The number of nitrogens with zero attached hydrogens (tertiary/aromatic N) is 4. The Morgan fingerprint density at radius 2 is 1.85 bits per heavy atom. The van der Waals surface area contributed by atoms with Crippen LogP contribution in [0.4, 0.5) is 19.0 Å². The monoisotopic (exact) mass is 651 g/mol. The summed E-state index contributed by atoms with van der Waals surface area (Å²) in [6.07, 6.45) is 12.6. The van der Waals surface area contributed by atoms with Crippen LogP contribution < -0.4 is 15.0 Å². The number of alkyl halides is 1. The number of phenolic OH excluding ortho intramolecular Hbond substituents is 1. The van der Waals surface area contributed by atoms with Crippen LogP contribution in [0, 0.1) is 46.6 Å². The van der Waals surface area contributed by atoms with Crippen LogP contribution in [0.1, 0.15) is 68.9 Å². The summed E-state index contributed by atoms with van der Waals surface area (Å²) in [5.41, 5.74) is -0.591. The van der Waals surface area contributed by atoms with Crippen molar-refractivity contribution >= 4 is 27.5 Å². The van der Waals surface area contributed by atoms with Gasteiger partial charge in [-0.1, -0.05) is 24.8 Å². The molecule has 4 fully saturated rings.